The first kappa shape index (κ1) is 21.6. The molecule has 6 nitrogen and oxygen atoms in total. The number of nitrogens with one attached hydrogen (secondary N) is 1. The molecular formula is C25H23N5OS. The molecule has 2 aromatic carbocycles. The molecule has 4 aromatic rings. The molecule has 1 unspecified atom stereocenters. The second-order valence-corrected chi connectivity index (χ2v) is 8.74. The largest absolute Gasteiger partial charge is 0.308 e. The molecule has 0 fully saturated rings. The van der Waals surface area contributed by atoms with Gasteiger partial charge in [-0.15, -0.1) is 0 Å². The van der Waals surface area contributed by atoms with E-state index in [9.17, 15) is 10.1 Å². The summed E-state index contributed by atoms with van der Waals surface area (Å²) < 4.78 is 1.58. The third-order valence-corrected chi connectivity index (χ3v) is 6.57. The zero-order chi connectivity index (χ0) is 22.7. The van der Waals surface area contributed by atoms with Crippen LogP contribution in [0.2, 0.25) is 0 Å². The van der Waals surface area contributed by atoms with Crippen LogP contribution in [0.1, 0.15) is 30.0 Å². The quantitative estimate of drug-likeness (QED) is 0.404. The second-order valence-electron chi connectivity index (χ2n) is 7.52. The van der Waals surface area contributed by atoms with Gasteiger partial charge in [0.15, 0.2) is 5.82 Å². The van der Waals surface area contributed by atoms with Gasteiger partial charge in [-0.25, -0.2) is 9.67 Å². The van der Waals surface area contributed by atoms with Gasteiger partial charge in [-0.3, -0.25) is 4.79 Å². The number of hydrogen-bond acceptors (Lipinski definition) is 5. The Morgan fingerprint density at radius 3 is 2.66 bits per heavy atom. The first-order valence-corrected chi connectivity index (χ1v) is 11.3. The highest BCUT2D eigenvalue weighted by atomic mass is 32.2. The average molecular weight is 442 g/mol. The zero-order valence-corrected chi connectivity index (χ0v) is 19.0. The molecule has 0 aliphatic rings. The first-order chi connectivity index (χ1) is 15.5. The number of hydrogen-bond donors (Lipinski definition) is 1. The fourth-order valence-corrected chi connectivity index (χ4v) is 4.59. The van der Waals surface area contributed by atoms with Crippen LogP contribution in [0.15, 0.2) is 65.8 Å². The minimum atomic E-state index is -0.367. The minimum absolute atomic E-state index is 0.184. The van der Waals surface area contributed by atoms with Gasteiger partial charge in [0, 0.05) is 5.39 Å². The highest BCUT2D eigenvalue weighted by Gasteiger charge is 2.23. The second kappa shape index (κ2) is 9.25. The van der Waals surface area contributed by atoms with E-state index in [1.165, 1.54) is 18.0 Å². The van der Waals surface area contributed by atoms with E-state index in [1.54, 1.807) is 4.68 Å². The van der Waals surface area contributed by atoms with Crippen molar-refractivity contribution in [2.45, 2.75) is 37.5 Å². The number of para-hydroxylation sites is 2. The smallest absolute Gasteiger partial charge is 0.239 e. The number of pyridine rings is 1. The monoisotopic (exact) mass is 441 g/mol. The zero-order valence-electron chi connectivity index (χ0n) is 18.2. The summed E-state index contributed by atoms with van der Waals surface area (Å²) in [5.74, 6) is 0.192. The molecule has 1 atom stereocenters. The number of carbonyl (C=O) groups is 1. The molecule has 160 valence electrons. The number of amides is 1. The Hall–Kier alpha value is -3.63. The van der Waals surface area contributed by atoms with E-state index in [4.69, 9.17) is 4.98 Å². The van der Waals surface area contributed by atoms with Crippen LogP contribution in [0.3, 0.4) is 0 Å². The Balaban J connectivity index is 1.61. The molecule has 0 saturated heterocycles. The topological polar surface area (TPSA) is 83.6 Å². The summed E-state index contributed by atoms with van der Waals surface area (Å²) in [6, 6.07) is 19.7. The van der Waals surface area contributed by atoms with Crippen LogP contribution in [-0.4, -0.2) is 25.9 Å². The van der Waals surface area contributed by atoms with Crippen molar-refractivity contribution in [1.82, 2.24) is 14.8 Å². The number of fused-ring (bicyclic) bond motifs is 1. The molecular weight excluding hydrogens is 418 g/mol. The van der Waals surface area contributed by atoms with E-state index < -0.39 is 0 Å². The number of nitrogens with zero attached hydrogens (tertiary/aromatic N) is 4. The summed E-state index contributed by atoms with van der Waals surface area (Å²) in [6.07, 6.45) is 2.08. The Kier molecular flexibility index (Phi) is 6.24. The van der Waals surface area contributed by atoms with Crippen LogP contribution in [-0.2, 0) is 4.79 Å². The molecule has 0 aliphatic heterocycles. The average Bonchev–Trinajstić information content (AvgIpc) is 3.21. The van der Waals surface area contributed by atoms with Crippen molar-refractivity contribution in [1.29, 1.82) is 5.26 Å². The summed E-state index contributed by atoms with van der Waals surface area (Å²) in [4.78, 5) is 18.0. The Bertz CT molecular complexity index is 1320. The van der Waals surface area contributed by atoms with E-state index in [0.717, 1.165) is 32.7 Å². The minimum Gasteiger partial charge on any atom is -0.308 e. The lowest BCUT2D eigenvalue weighted by atomic mass is 10.1. The predicted molar refractivity (Wildman–Crippen MR) is 128 cm³/mol. The van der Waals surface area contributed by atoms with Crippen LogP contribution in [0.4, 0.5) is 5.82 Å². The van der Waals surface area contributed by atoms with E-state index in [1.807, 2.05) is 62.4 Å². The van der Waals surface area contributed by atoms with Crippen LogP contribution in [0.5, 0.6) is 0 Å². The third kappa shape index (κ3) is 4.23. The van der Waals surface area contributed by atoms with Crippen molar-refractivity contribution < 1.29 is 4.79 Å². The number of benzene rings is 2. The molecule has 0 saturated carbocycles. The van der Waals surface area contributed by atoms with Crippen molar-refractivity contribution in [2.24, 2.45) is 0 Å². The summed E-state index contributed by atoms with van der Waals surface area (Å²) in [5, 5.41) is 18.3. The van der Waals surface area contributed by atoms with Gasteiger partial charge in [-0.1, -0.05) is 55.1 Å². The fourth-order valence-electron chi connectivity index (χ4n) is 3.57. The first-order valence-electron chi connectivity index (χ1n) is 10.4. The number of aryl methyl sites for hydroxylation is 2. The fraction of sp³-hybridized carbons (Fsp3) is 0.200. The van der Waals surface area contributed by atoms with Crippen LogP contribution in [0.25, 0.3) is 16.6 Å². The number of rotatable bonds is 6. The maximum Gasteiger partial charge on any atom is 0.239 e. The lowest BCUT2D eigenvalue weighted by Gasteiger charge is -2.16. The molecule has 0 spiro atoms. The van der Waals surface area contributed by atoms with Gasteiger partial charge in [-0.2, -0.15) is 10.4 Å². The van der Waals surface area contributed by atoms with Crippen LogP contribution in [0, 0.1) is 25.2 Å². The van der Waals surface area contributed by atoms with Crippen LogP contribution >= 0.6 is 11.8 Å². The number of nitriles is 1. The molecule has 7 heteroatoms. The SMILES string of the molecule is CCC(Sc1cc(C)c2cccc(C)c2n1)C(=O)Nc1c(C#N)cnn1-c1ccccc1. The predicted octanol–water partition coefficient (Wildman–Crippen LogP) is 5.42. The van der Waals surface area contributed by atoms with Crippen molar-refractivity contribution in [2.75, 3.05) is 5.32 Å². The molecule has 32 heavy (non-hydrogen) atoms. The number of carbonyl (C=O) groups excluding carboxylic acids is 1. The summed E-state index contributed by atoms with van der Waals surface area (Å²) in [5.41, 5.74) is 4.28. The molecule has 1 amide bonds. The maximum atomic E-state index is 13.2. The van der Waals surface area contributed by atoms with Gasteiger partial charge >= 0.3 is 0 Å². The summed E-state index contributed by atoms with van der Waals surface area (Å²) in [7, 11) is 0. The Morgan fingerprint density at radius 2 is 1.94 bits per heavy atom. The number of aromatic nitrogens is 3. The van der Waals surface area contributed by atoms with Gasteiger partial charge in [-0.05, 0) is 49.6 Å². The van der Waals surface area contributed by atoms with E-state index >= 15 is 0 Å². The Morgan fingerprint density at radius 1 is 1.16 bits per heavy atom. The third-order valence-electron chi connectivity index (χ3n) is 5.28. The lowest BCUT2D eigenvalue weighted by molar-refractivity contribution is -0.115. The summed E-state index contributed by atoms with van der Waals surface area (Å²) in [6.45, 7) is 6.07. The van der Waals surface area contributed by atoms with Gasteiger partial charge in [0.2, 0.25) is 5.91 Å². The standard InChI is InChI=1S/C25H23N5OS/c1-4-21(32-22-13-17(3)20-12-8-9-16(2)23(20)28-22)25(31)29-24-18(14-26)15-27-30(24)19-10-6-5-7-11-19/h5-13,15,21H,4H2,1-3H3,(H,29,31). The Labute approximate surface area is 191 Å². The van der Waals surface area contributed by atoms with E-state index in [0.29, 0.717) is 17.8 Å². The summed E-state index contributed by atoms with van der Waals surface area (Å²) >= 11 is 1.44. The maximum absolute atomic E-state index is 13.2. The molecule has 2 aromatic heterocycles. The molecule has 1 N–H and O–H groups in total. The highest BCUT2D eigenvalue weighted by Crippen LogP contribution is 2.30. The normalized spacial score (nSPS) is 11.8. The van der Waals surface area contributed by atoms with Crippen molar-refractivity contribution >= 4 is 34.4 Å². The van der Waals surface area contributed by atoms with Crippen molar-refractivity contribution in [3.63, 3.8) is 0 Å². The molecule has 0 aliphatic carbocycles. The molecule has 0 radical (unpaired) electrons. The van der Waals surface area contributed by atoms with E-state index in [-0.39, 0.29) is 11.2 Å². The lowest BCUT2D eigenvalue weighted by Crippen LogP contribution is -2.26. The molecule has 2 heterocycles. The van der Waals surface area contributed by atoms with Crippen molar-refractivity contribution in [3.8, 4) is 11.8 Å². The molecule has 4 rings (SSSR count). The number of thioether (sulfide) groups is 1. The highest BCUT2D eigenvalue weighted by molar-refractivity contribution is 8.00. The van der Waals surface area contributed by atoms with E-state index in [2.05, 4.69) is 29.5 Å². The molecule has 0 bridgehead atoms. The van der Waals surface area contributed by atoms with Gasteiger partial charge in [0.25, 0.3) is 0 Å². The van der Waals surface area contributed by atoms with Crippen molar-refractivity contribution in [3.05, 3.63) is 77.5 Å². The number of anilines is 1. The van der Waals surface area contributed by atoms with Gasteiger partial charge < -0.3 is 5.32 Å². The van der Waals surface area contributed by atoms with Crippen LogP contribution < -0.4 is 5.32 Å². The van der Waals surface area contributed by atoms with Gasteiger partial charge in [0.1, 0.15) is 11.6 Å². The van der Waals surface area contributed by atoms with Gasteiger partial charge in [0.05, 0.1) is 27.7 Å².